The Balaban J connectivity index is 1.15. The average Bonchev–Trinajstić information content (AvgIpc) is 3.66. The lowest BCUT2D eigenvalue weighted by Crippen LogP contribution is -2.38. The van der Waals surface area contributed by atoms with Gasteiger partial charge in [-0.1, -0.05) is 96.8 Å². The number of imidazole rings is 1. The number of esters is 2. The van der Waals surface area contributed by atoms with E-state index in [0.717, 1.165) is 76.4 Å². The van der Waals surface area contributed by atoms with Gasteiger partial charge in [-0.15, -0.1) is 0 Å². The lowest BCUT2D eigenvalue weighted by Gasteiger charge is -2.46. The molecule has 7 nitrogen and oxygen atoms in total. The lowest BCUT2D eigenvalue weighted by atomic mass is 9.61. The Kier molecular flexibility index (Phi) is 24.0. The Hall–Kier alpha value is -1.54. The number of ether oxygens (including phenoxy) is 2. The molecular formula is C42H75N3O4S. The third-order valence-electron chi connectivity index (χ3n) is 11.4. The topological polar surface area (TPSA) is 73.7 Å². The van der Waals surface area contributed by atoms with Crippen molar-refractivity contribution in [2.24, 2.45) is 11.3 Å². The molecule has 1 aromatic rings. The molecule has 8 heteroatoms. The predicted molar refractivity (Wildman–Crippen MR) is 210 cm³/mol. The number of aryl methyl sites for hydroxylation is 1. The zero-order valence-electron chi connectivity index (χ0n) is 32.2. The molecule has 0 N–H and O–H groups in total. The van der Waals surface area contributed by atoms with Crippen molar-refractivity contribution in [3.8, 4) is 0 Å². The molecule has 3 saturated carbocycles. The van der Waals surface area contributed by atoms with Gasteiger partial charge in [-0.3, -0.25) is 9.59 Å². The molecule has 1 heterocycles. The summed E-state index contributed by atoms with van der Waals surface area (Å²) < 4.78 is 13.5. The molecule has 0 radical (unpaired) electrons. The fraction of sp³-hybridized carbons (Fsp3) is 0.881. The smallest absolute Gasteiger partial charge is 0.307 e. The maximum absolute atomic E-state index is 12.5. The summed E-state index contributed by atoms with van der Waals surface area (Å²) in [7, 11) is 0. The molecule has 1 aromatic heterocycles. The predicted octanol–water partition coefficient (Wildman–Crippen LogP) is 10.8. The summed E-state index contributed by atoms with van der Waals surface area (Å²) in [6.07, 6.45) is 37.5. The van der Waals surface area contributed by atoms with Gasteiger partial charge in [0.25, 0.3) is 0 Å². The van der Waals surface area contributed by atoms with Gasteiger partial charge in [0.2, 0.25) is 0 Å². The molecule has 0 amide bonds. The van der Waals surface area contributed by atoms with Crippen LogP contribution in [0.2, 0.25) is 0 Å². The number of hydrogen-bond acceptors (Lipinski definition) is 7. The SMILES string of the molecule is CCCCCCCCCCCCCCSCCOC(=O)CCN(CCCCCCCC(=O)OCC12CCC(CC1)CC2)CCCn1ccnc1. The van der Waals surface area contributed by atoms with Gasteiger partial charge in [-0.25, -0.2) is 4.98 Å². The second kappa shape index (κ2) is 28.0. The van der Waals surface area contributed by atoms with Crippen LogP contribution in [-0.2, 0) is 25.6 Å². The lowest BCUT2D eigenvalue weighted by molar-refractivity contribution is -0.150. The number of thioether (sulfide) groups is 1. The first-order chi connectivity index (χ1) is 24.6. The third kappa shape index (κ3) is 20.5. The fourth-order valence-corrected chi connectivity index (χ4v) is 8.72. The zero-order chi connectivity index (χ0) is 35.4. The van der Waals surface area contributed by atoms with Crippen LogP contribution >= 0.6 is 11.8 Å². The highest BCUT2D eigenvalue weighted by atomic mass is 32.2. The summed E-state index contributed by atoms with van der Waals surface area (Å²) in [5.74, 6) is 2.94. The molecule has 0 atom stereocenters. The Labute approximate surface area is 311 Å². The van der Waals surface area contributed by atoms with Crippen molar-refractivity contribution in [1.29, 1.82) is 0 Å². The number of aromatic nitrogens is 2. The standard InChI is InChI=1S/C42H75N3O4S/c1-2-3-4-5-6-7-8-9-10-11-15-18-35-50-36-34-48-41(47)24-32-44(30-19-31-45-33-28-43-38-45)29-17-14-12-13-16-20-40(46)49-37-42-25-21-39(22-26-42)23-27-42/h28,33,38-39H,2-27,29-32,34-37H2,1H3. The highest BCUT2D eigenvalue weighted by Gasteiger charge is 2.41. The number of hydrogen-bond donors (Lipinski definition) is 0. The molecule has 3 fully saturated rings. The minimum Gasteiger partial charge on any atom is -0.465 e. The van der Waals surface area contributed by atoms with Crippen molar-refractivity contribution in [3.05, 3.63) is 18.7 Å². The fourth-order valence-electron chi connectivity index (χ4n) is 7.91. The summed E-state index contributed by atoms with van der Waals surface area (Å²) in [4.78, 5) is 31.5. The molecule has 3 aliphatic carbocycles. The maximum Gasteiger partial charge on any atom is 0.307 e. The quantitative estimate of drug-likeness (QED) is 0.0529. The number of nitrogens with zero attached hydrogens (tertiary/aromatic N) is 3. The number of carbonyl (C=O) groups is 2. The summed E-state index contributed by atoms with van der Waals surface area (Å²) in [6, 6.07) is 0. The molecule has 0 unspecified atom stereocenters. The Morgan fingerprint density at radius 1 is 0.720 bits per heavy atom. The van der Waals surface area contributed by atoms with E-state index in [1.165, 1.54) is 121 Å². The van der Waals surface area contributed by atoms with Gasteiger partial charge in [0.15, 0.2) is 0 Å². The van der Waals surface area contributed by atoms with E-state index in [1.54, 1.807) is 0 Å². The molecule has 2 bridgehead atoms. The first kappa shape index (κ1) is 42.9. The highest BCUT2D eigenvalue weighted by Crippen LogP contribution is 2.50. The first-order valence-electron chi connectivity index (χ1n) is 21.2. The normalized spacial score (nSPS) is 18.6. The van der Waals surface area contributed by atoms with Crippen molar-refractivity contribution >= 4 is 23.7 Å². The van der Waals surface area contributed by atoms with E-state index >= 15 is 0 Å². The summed E-state index contributed by atoms with van der Waals surface area (Å²) in [6.45, 7) is 7.12. The molecule has 0 aliphatic heterocycles. The van der Waals surface area contributed by atoms with E-state index in [0.29, 0.717) is 31.5 Å². The second-order valence-corrected chi connectivity index (χ2v) is 16.9. The van der Waals surface area contributed by atoms with Gasteiger partial charge in [0.1, 0.15) is 6.61 Å². The van der Waals surface area contributed by atoms with Crippen molar-refractivity contribution in [2.75, 3.05) is 44.4 Å². The van der Waals surface area contributed by atoms with Crippen LogP contribution in [-0.4, -0.2) is 70.7 Å². The van der Waals surface area contributed by atoms with Gasteiger partial charge in [-0.05, 0) is 89.0 Å². The molecule has 0 saturated heterocycles. The number of unbranched alkanes of at least 4 members (excludes halogenated alkanes) is 15. The third-order valence-corrected chi connectivity index (χ3v) is 12.4. The number of fused-ring (bicyclic) bond motifs is 3. The number of carbonyl (C=O) groups excluding carboxylic acids is 2. The van der Waals surface area contributed by atoms with Crippen LogP contribution < -0.4 is 0 Å². The minimum atomic E-state index is -0.0711. The molecule has 3 aliphatic rings. The monoisotopic (exact) mass is 718 g/mol. The minimum absolute atomic E-state index is 0.00112. The van der Waals surface area contributed by atoms with Gasteiger partial charge in [-0.2, -0.15) is 11.8 Å². The van der Waals surface area contributed by atoms with Crippen LogP contribution in [0.4, 0.5) is 0 Å². The second-order valence-electron chi connectivity index (χ2n) is 15.6. The molecule has 50 heavy (non-hydrogen) atoms. The van der Waals surface area contributed by atoms with Crippen molar-refractivity contribution in [2.45, 2.75) is 180 Å². The van der Waals surface area contributed by atoms with E-state index in [-0.39, 0.29) is 11.9 Å². The maximum atomic E-state index is 12.5. The summed E-state index contributed by atoms with van der Waals surface area (Å²) >= 11 is 1.92. The Morgan fingerprint density at radius 3 is 1.98 bits per heavy atom. The number of rotatable bonds is 33. The first-order valence-corrected chi connectivity index (χ1v) is 22.3. The molecule has 288 valence electrons. The van der Waals surface area contributed by atoms with Gasteiger partial charge in [0.05, 0.1) is 19.4 Å². The van der Waals surface area contributed by atoms with Crippen LogP contribution in [0.5, 0.6) is 0 Å². The Morgan fingerprint density at radius 2 is 1.32 bits per heavy atom. The van der Waals surface area contributed by atoms with Gasteiger partial charge in [0, 0.05) is 43.1 Å². The van der Waals surface area contributed by atoms with E-state index in [4.69, 9.17) is 9.47 Å². The van der Waals surface area contributed by atoms with Crippen LogP contribution in [0.3, 0.4) is 0 Å². The van der Waals surface area contributed by atoms with Gasteiger partial charge < -0.3 is 18.9 Å². The molecular weight excluding hydrogens is 643 g/mol. The van der Waals surface area contributed by atoms with Crippen molar-refractivity contribution in [3.63, 3.8) is 0 Å². The van der Waals surface area contributed by atoms with Gasteiger partial charge >= 0.3 is 11.9 Å². The Bertz CT molecular complexity index is 952. The summed E-state index contributed by atoms with van der Waals surface area (Å²) in [5.41, 5.74) is 0.302. The van der Waals surface area contributed by atoms with Crippen molar-refractivity contribution in [1.82, 2.24) is 14.5 Å². The van der Waals surface area contributed by atoms with E-state index in [9.17, 15) is 9.59 Å². The summed E-state index contributed by atoms with van der Waals surface area (Å²) in [5, 5.41) is 0. The van der Waals surface area contributed by atoms with E-state index in [1.807, 2.05) is 30.5 Å². The van der Waals surface area contributed by atoms with Crippen LogP contribution in [0.1, 0.15) is 174 Å². The molecule has 0 aromatic carbocycles. The van der Waals surface area contributed by atoms with Crippen LogP contribution in [0.25, 0.3) is 0 Å². The largest absolute Gasteiger partial charge is 0.465 e. The molecule has 0 spiro atoms. The van der Waals surface area contributed by atoms with Crippen molar-refractivity contribution < 1.29 is 19.1 Å². The van der Waals surface area contributed by atoms with E-state index in [2.05, 4.69) is 21.4 Å². The van der Waals surface area contributed by atoms with Crippen LogP contribution in [0.15, 0.2) is 18.7 Å². The molecule has 4 rings (SSSR count). The zero-order valence-corrected chi connectivity index (χ0v) is 33.1. The van der Waals surface area contributed by atoms with Crippen LogP contribution in [0, 0.1) is 11.3 Å². The van der Waals surface area contributed by atoms with E-state index < -0.39 is 0 Å². The average molecular weight is 718 g/mol. The highest BCUT2D eigenvalue weighted by molar-refractivity contribution is 7.99.